The molecule has 1 aliphatic rings. The maximum absolute atomic E-state index is 12.6. The van der Waals surface area contributed by atoms with Crippen molar-refractivity contribution < 1.29 is 19.6 Å². The summed E-state index contributed by atoms with van der Waals surface area (Å²) in [4.78, 5) is 25.1. The van der Waals surface area contributed by atoms with Gasteiger partial charge in [0.2, 0.25) is 0 Å². The van der Waals surface area contributed by atoms with Crippen LogP contribution in [-0.4, -0.2) is 39.3 Å². The molecule has 2 rings (SSSR count). The molecule has 0 aliphatic carbocycles. The number of hydrogen-bond donors (Lipinski definition) is 1. The van der Waals surface area contributed by atoms with Crippen molar-refractivity contribution in [2.45, 2.75) is 57.8 Å². The molecule has 1 aliphatic heterocycles. The molecule has 24 heavy (non-hydrogen) atoms. The minimum absolute atomic E-state index is 0.0670. The standard InChI is InChI=1S/C17H24N2O5/c1-16(2,3)24-15(21)18-10-9-12(20)11-17(18,4)13-7-5-6-8-14(13)19(22)23/h5-8,12,20H,9-11H2,1-4H3. The summed E-state index contributed by atoms with van der Waals surface area (Å²) in [5.41, 5.74) is -1.34. The number of carbonyl (C=O) groups excluding carboxylic acids is 1. The highest BCUT2D eigenvalue weighted by atomic mass is 16.6. The fourth-order valence-corrected chi connectivity index (χ4v) is 3.15. The molecule has 0 radical (unpaired) electrons. The van der Waals surface area contributed by atoms with Crippen molar-refractivity contribution >= 4 is 11.8 Å². The average molecular weight is 336 g/mol. The molecule has 1 N–H and O–H groups in total. The van der Waals surface area contributed by atoms with Crippen molar-refractivity contribution in [1.82, 2.24) is 4.90 Å². The number of hydrogen-bond acceptors (Lipinski definition) is 5. The molecule has 0 aromatic heterocycles. The SMILES string of the molecule is CC(C)(C)OC(=O)N1CCC(O)CC1(C)c1ccccc1[N+](=O)[O-]. The number of rotatable bonds is 2. The van der Waals surface area contributed by atoms with E-state index in [0.717, 1.165) is 0 Å². The highest BCUT2D eigenvalue weighted by molar-refractivity contribution is 5.70. The van der Waals surface area contributed by atoms with Crippen LogP contribution in [0.3, 0.4) is 0 Å². The number of ether oxygens (including phenoxy) is 1. The Labute approximate surface area is 141 Å². The summed E-state index contributed by atoms with van der Waals surface area (Å²) in [5.74, 6) is 0. The number of aliphatic hydroxyl groups excluding tert-OH is 1. The van der Waals surface area contributed by atoms with E-state index in [1.807, 2.05) is 0 Å². The van der Waals surface area contributed by atoms with Crippen LogP contribution in [0.1, 0.15) is 46.1 Å². The number of nitro groups is 1. The minimum Gasteiger partial charge on any atom is -0.444 e. The molecule has 2 atom stereocenters. The number of nitrogens with zero attached hydrogens (tertiary/aromatic N) is 2. The van der Waals surface area contributed by atoms with Crippen LogP contribution in [-0.2, 0) is 10.3 Å². The lowest BCUT2D eigenvalue weighted by Gasteiger charge is -2.46. The number of para-hydroxylation sites is 1. The van der Waals surface area contributed by atoms with E-state index in [1.165, 1.54) is 11.0 Å². The summed E-state index contributed by atoms with van der Waals surface area (Å²) >= 11 is 0. The fourth-order valence-electron chi connectivity index (χ4n) is 3.15. The van der Waals surface area contributed by atoms with Crippen molar-refractivity contribution in [3.05, 3.63) is 39.9 Å². The van der Waals surface area contributed by atoms with Crippen molar-refractivity contribution in [3.63, 3.8) is 0 Å². The molecule has 7 nitrogen and oxygen atoms in total. The highest BCUT2D eigenvalue weighted by Gasteiger charge is 2.46. The number of piperidine rings is 1. The van der Waals surface area contributed by atoms with Crippen LogP contribution in [0.25, 0.3) is 0 Å². The van der Waals surface area contributed by atoms with Crippen LogP contribution in [0.15, 0.2) is 24.3 Å². The van der Waals surface area contributed by atoms with E-state index < -0.39 is 28.3 Å². The smallest absolute Gasteiger partial charge is 0.411 e. The zero-order valence-electron chi connectivity index (χ0n) is 14.5. The first-order chi connectivity index (χ1) is 11.0. The van der Waals surface area contributed by atoms with Crippen molar-refractivity contribution in [1.29, 1.82) is 0 Å². The zero-order chi connectivity index (χ0) is 18.1. The molecule has 1 fully saturated rings. The average Bonchev–Trinajstić information content (AvgIpc) is 2.45. The van der Waals surface area contributed by atoms with Gasteiger partial charge < -0.3 is 9.84 Å². The van der Waals surface area contributed by atoms with Gasteiger partial charge in [-0.05, 0) is 40.2 Å². The van der Waals surface area contributed by atoms with E-state index in [-0.39, 0.29) is 18.7 Å². The molecule has 0 spiro atoms. The van der Waals surface area contributed by atoms with Crippen LogP contribution in [0, 0.1) is 10.1 Å². The molecule has 132 valence electrons. The van der Waals surface area contributed by atoms with Gasteiger partial charge in [-0.1, -0.05) is 12.1 Å². The number of aliphatic hydroxyl groups is 1. The summed E-state index contributed by atoms with van der Waals surface area (Å²) in [7, 11) is 0. The van der Waals surface area contributed by atoms with Gasteiger partial charge in [0, 0.05) is 19.0 Å². The summed E-state index contributed by atoms with van der Waals surface area (Å²) in [6, 6.07) is 6.33. The van der Waals surface area contributed by atoms with E-state index in [0.29, 0.717) is 12.0 Å². The van der Waals surface area contributed by atoms with Crippen LogP contribution in [0.5, 0.6) is 0 Å². The molecule has 1 saturated heterocycles. The summed E-state index contributed by atoms with van der Waals surface area (Å²) in [5, 5.41) is 21.5. The van der Waals surface area contributed by atoms with Gasteiger partial charge in [0.25, 0.3) is 5.69 Å². The third kappa shape index (κ3) is 3.67. The molecule has 0 bridgehead atoms. The van der Waals surface area contributed by atoms with Gasteiger partial charge in [-0.25, -0.2) is 4.79 Å². The Hall–Kier alpha value is -2.15. The van der Waals surface area contributed by atoms with E-state index in [9.17, 15) is 20.0 Å². The van der Waals surface area contributed by atoms with Gasteiger partial charge in [0.1, 0.15) is 5.60 Å². The minimum atomic E-state index is -1.01. The Morgan fingerprint density at radius 1 is 1.42 bits per heavy atom. The van der Waals surface area contributed by atoms with Crippen LogP contribution < -0.4 is 0 Å². The second-order valence-electron chi connectivity index (χ2n) is 7.33. The number of carbonyl (C=O) groups is 1. The zero-order valence-corrected chi connectivity index (χ0v) is 14.5. The Bertz CT molecular complexity index is 640. The summed E-state index contributed by atoms with van der Waals surface area (Å²) < 4.78 is 5.47. The van der Waals surface area contributed by atoms with Crippen LogP contribution in [0.4, 0.5) is 10.5 Å². The molecule has 1 aromatic rings. The van der Waals surface area contributed by atoms with E-state index in [4.69, 9.17) is 4.74 Å². The molecule has 1 aromatic carbocycles. The van der Waals surface area contributed by atoms with Gasteiger partial charge in [-0.15, -0.1) is 0 Å². The molecule has 1 amide bonds. The van der Waals surface area contributed by atoms with Gasteiger partial charge in [-0.3, -0.25) is 15.0 Å². The molecule has 1 heterocycles. The summed E-state index contributed by atoms with van der Waals surface area (Å²) in [6.07, 6.45) is -0.532. The summed E-state index contributed by atoms with van der Waals surface area (Å²) in [6.45, 7) is 7.32. The second kappa shape index (κ2) is 6.39. The fraction of sp³-hybridized carbons (Fsp3) is 0.588. The Kier molecular flexibility index (Phi) is 4.85. The van der Waals surface area contributed by atoms with Gasteiger partial charge >= 0.3 is 6.09 Å². The number of benzene rings is 1. The van der Waals surface area contributed by atoms with Gasteiger partial charge in [-0.2, -0.15) is 0 Å². The predicted molar refractivity (Wildman–Crippen MR) is 88.6 cm³/mol. The molecular formula is C17H24N2O5. The maximum atomic E-state index is 12.6. The van der Waals surface area contributed by atoms with E-state index in [1.54, 1.807) is 45.9 Å². The first-order valence-corrected chi connectivity index (χ1v) is 7.97. The number of nitro benzene ring substituents is 1. The quantitative estimate of drug-likeness (QED) is 0.661. The van der Waals surface area contributed by atoms with Crippen molar-refractivity contribution in [2.75, 3.05) is 6.54 Å². The highest BCUT2D eigenvalue weighted by Crippen LogP contribution is 2.42. The maximum Gasteiger partial charge on any atom is 0.411 e. The molecule has 7 heteroatoms. The van der Waals surface area contributed by atoms with Crippen molar-refractivity contribution in [2.24, 2.45) is 0 Å². The lowest BCUT2D eigenvalue weighted by Crippen LogP contribution is -2.55. The second-order valence-corrected chi connectivity index (χ2v) is 7.33. The Morgan fingerprint density at radius 2 is 2.04 bits per heavy atom. The molecule has 0 saturated carbocycles. The lowest BCUT2D eigenvalue weighted by atomic mass is 9.80. The first kappa shape index (κ1) is 18.2. The predicted octanol–water partition coefficient (Wildman–Crippen LogP) is 3.20. The monoisotopic (exact) mass is 336 g/mol. The Balaban J connectivity index is 2.48. The first-order valence-electron chi connectivity index (χ1n) is 7.97. The molecular weight excluding hydrogens is 312 g/mol. The molecule has 2 unspecified atom stereocenters. The van der Waals surface area contributed by atoms with E-state index in [2.05, 4.69) is 0 Å². The number of amides is 1. The van der Waals surface area contributed by atoms with E-state index >= 15 is 0 Å². The lowest BCUT2D eigenvalue weighted by molar-refractivity contribution is -0.386. The van der Waals surface area contributed by atoms with Crippen LogP contribution >= 0.6 is 0 Å². The number of likely N-dealkylation sites (tertiary alicyclic amines) is 1. The third-order valence-electron chi connectivity index (χ3n) is 4.21. The van der Waals surface area contributed by atoms with Crippen molar-refractivity contribution in [3.8, 4) is 0 Å². The topological polar surface area (TPSA) is 92.9 Å². The van der Waals surface area contributed by atoms with Crippen LogP contribution in [0.2, 0.25) is 0 Å². The largest absolute Gasteiger partial charge is 0.444 e. The Morgan fingerprint density at radius 3 is 2.62 bits per heavy atom. The third-order valence-corrected chi connectivity index (χ3v) is 4.21. The van der Waals surface area contributed by atoms with Gasteiger partial charge in [0.05, 0.1) is 22.1 Å². The van der Waals surface area contributed by atoms with Gasteiger partial charge in [0.15, 0.2) is 0 Å². The normalized spacial score (nSPS) is 24.5.